The third-order valence-corrected chi connectivity index (χ3v) is 3.21. The topological polar surface area (TPSA) is 79.1 Å². The SMILES string of the molecule is c1cnn(-c2ccc(OCc3noc(-c4ccoc4)n3)cc2)c1. The highest BCUT2D eigenvalue weighted by Crippen LogP contribution is 2.19. The second-order valence-corrected chi connectivity index (χ2v) is 4.76. The fourth-order valence-corrected chi connectivity index (χ4v) is 2.08. The van der Waals surface area contributed by atoms with Crippen molar-refractivity contribution in [2.24, 2.45) is 0 Å². The molecule has 0 saturated heterocycles. The molecule has 4 aromatic rings. The summed E-state index contributed by atoms with van der Waals surface area (Å²) in [6.45, 7) is 0.225. The first-order chi connectivity index (χ1) is 11.4. The third-order valence-electron chi connectivity index (χ3n) is 3.21. The zero-order valence-corrected chi connectivity index (χ0v) is 12.0. The largest absolute Gasteiger partial charge is 0.485 e. The van der Waals surface area contributed by atoms with Crippen LogP contribution in [-0.4, -0.2) is 19.9 Å². The Bertz CT molecular complexity index is 865. The molecule has 0 aliphatic rings. The molecule has 0 fully saturated rings. The van der Waals surface area contributed by atoms with Crippen LogP contribution in [-0.2, 0) is 6.61 Å². The smallest absolute Gasteiger partial charge is 0.261 e. The van der Waals surface area contributed by atoms with Crippen LogP contribution in [0.1, 0.15) is 5.82 Å². The van der Waals surface area contributed by atoms with Crippen molar-refractivity contribution in [3.8, 4) is 22.9 Å². The molecule has 0 aliphatic carbocycles. The van der Waals surface area contributed by atoms with Crippen molar-refractivity contribution in [2.75, 3.05) is 0 Å². The molecule has 3 aromatic heterocycles. The minimum Gasteiger partial charge on any atom is -0.485 e. The van der Waals surface area contributed by atoms with Crippen LogP contribution in [0.15, 0.2) is 70.3 Å². The molecule has 3 heterocycles. The van der Waals surface area contributed by atoms with E-state index in [0.29, 0.717) is 11.7 Å². The van der Waals surface area contributed by atoms with Crippen molar-refractivity contribution in [1.29, 1.82) is 0 Å². The lowest BCUT2D eigenvalue weighted by atomic mass is 10.3. The van der Waals surface area contributed by atoms with E-state index >= 15 is 0 Å². The van der Waals surface area contributed by atoms with Gasteiger partial charge in [-0.1, -0.05) is 5.16 Å². The van der Waals surface area contributed by atoms with Crippen molar-refractivity contribution in [3.63, 3.8) is 0 Å². The number of nitrogens with zero attached hydrogens (tertiary/aromatic N) is 4. The van der Waals surface area contributed by atoms with E-state index in [1.165, 1.54) is 0 Å². The molecular weight excluding hydrogens is 296 g/mol. The van der Waals surface area contributed by atoms with Gasteiger partial charge in [0.05, 0.1) is 17.5 Å². The van der Waals surface area contributed by atoms with Gasteiger partial charge in [-0.05, 0) is 36.4 Å². The number of rotatable bonds is 5. The van der Waals surface area contributed by atoms with Crippen molar-refractivity contribution in [1.82, 2.24) is 19.9 Å². The van der Waals surface area contributed by atoms with Crippen LogP contribution in [0.2, 0.25) is 0 Å². The lowest BCUT2D eigenvalue weighted by Gasteiger charge is -2.05. The first-order valence-electron chi connectivity index (χ1n) is 6.96. The van der Waals surface area contributed by atoms with Gasteiger partial charge in [-0.15, -0.1) is 0 Å². The fraction of sp³-hybridized carbons (Fsp3) is 0.0625. The molecule has 0 bridgehead atoms. The number of benzene rings is 1. The van der Waals surface area contributed by atoms with Gasteiger partial charge in [0.15, 0.2) is 6.61 Å². The van der Waals surface area contributed by atoms with E-state index in [2.05, 4.69) is 15.2 Å². The molecule has 7 nitrogen and oxygen atoms in total. The first kappa shape index (κ1) is 13.3. The molecule has 0 atom stereocenters. The van der Waals surface area contributed by atoms with E-state index in [0.717, 1.165) is 17.0 Å². The lowest BCUT2D eigenvalue weighted by Crippen LogP contribution is -1.98. The number of hydrogen-bond donors (Lipinski definition) is 0. The molecule has 0 N–H and O–H groups in total. The summed E-state index contributed by atoms with van der Waals surface area (Å²) < 4.78 is 17.6. The van der Waals surface area contributed by atoms with E-state index in [4.69, 9.17) is 13.7 Å². The minimum atomic E-state index is 0.225. The number of furan rings is 1. The Labute approximate surface area is 131 Å². The van der Waals surface area contributed by atoms with Gasteiger partial charge < -0.3 is 13.7 Å². The molecule has 114 valence electrons. The highest BCUT2D eigenvalue weighted by molar-refractivity contribution is 5.49. The Morgan fingerprint density at radius 3 is 2.78 bits per heavy atom. The summed E-state index contributed by atoms with van der Waals surface area (Å²) >= 11 is 0. The van der Waals surface area contributed by atoms with Crippen LogP contribution in [0.25, 0.3) is 17.1 Å². The summed E-state index contributed by atoms with van der Waals surface area (Å²) in [6.07, 6.45) is 6.72. The van der Waals surface area contributed by atoms with Crippen LogP contribution in [0, 0.1) is 0 Å². The lowest BCUT2D eigenvalue weighted by molar-refractivity contribution is 0.287. The standard InChI is InChI=1S/C16H12N4O3/c1-7-17-20(8-1)13-2-4-14(5-3-13)22-11-15-18-16(23-19-15)12-6-9-21-10-12/h1-10H,11H2. The number of ether oxygens (including phenoxy) is 1. The average Bonchev–Trinajstić information content (AvgIpc) is 3.35. The maximum absolute atomic E-state index is 5.66. The van der Waals surface area contributed by atoms with Gasteiger partial charge in [0.2, 0.25) is 5.82 Å². The van der Waals surface area contributed by atoms with E-state index < -0.39 is 0 Å². The molecule has 7 heteroatoms. The quantitative estimate of drug-likeness (QED) is 0.563. The molecule has 23 heavy (non-hydrogen) atoms. The zero-order chi connectivity index (χ0) is 15.5. The van der Waals surface area contributed by atoms with E-state index in [9.17, 15) is 0 Å². The molecule has 0 unspecified atom stereocenters. The van der Waals surface area contributed by atoms with Gasteiger partial charge in [0.25, 0.3) is 5.89 Å². The predicted octanol–water partition coefficient (Wildman–Crippen LogP) is 3.09. The average molecular weight is 308 g/mol. The highest BCUT2D eigenvalue weighted by Gasteiger charge is 2.10. The monoisotopic (exact) mass is 308 g/mol. The Hall–Kier alpha value is -3.35. The summed E-state index contributed by atoms with van der Waals surface area (Å²) in [6, 6.07) is 11.2. The van der Waals surface area contributed by atoms with Crippen LogP contribution in [0.5, 0.6) is 5.75 Å². The molecule has 0 amide bonds. The van der Waals surface area contributed by atoms with Gasteiger partial charge in [-0.2, -0.15) is 10.1 Å². The molecule has 0 radical (unpaired) electrons. The number of aromatic nitrogens is 4. The third kappa shape index (κ3) is 2.84. The van der Waals surface area contributed by atoms with Crippen LogP contribution >= 0.6 is 0 Å². The minimum absolute atomic E-state index is 0.225. The summed E-state index contributed by atoms with van der Waals surface area (Å²) in [5.41, 5.74) is 1.71. The molecule has 0 saturated carbocycles. The zero-order valence-electron chi connectivity index (χ0n) is 12.0. The number of hydrogen-bond acceptors (Lipinski definition) is 6. The van der Waals surface area contributed by atoms with E-state index in [-0.39, 0.29) is 6.61 Å². The molecular formula is C16H12N4O3. The van der Waals surface area contributed by atoms with Gasteiger partial charge in [-0.3, -0.25) is 0 Å². The van der Waals surface area contributed by atoms with E-state index in [1.807, 2.05) is 36.5 Å². The molecule has 0 aliphatic heterocycles. The van der Waals surface area contributed by atoms with Gasteiger partial charge in [-0.25, -0.2) is 4.68 Å². The normalized spacial score (nSPS) is 10.8. The Morgan fingerprint density at radius 1 is 1.13 bits per heavy atom. The van der Waals surface area contributed by atoms with Crippen molar-refractivity contribution in [3.05, 3.63) is 67.1 Å². The van der Waals surface area contributed by atoms with Gasteiger partial charge in [0.1, 0.15) is 12.0 Å². The fourth-order valence-electron chi connectivity index (χ4n) is 2.08. The summed E-state index contributed by atoms with van der Waals surface area (Å²) in [5.74, 6) is 1.60. The summed E-state index contributed by atoms with van der Waals surface area (Å²) in [7, 11) is 0. The van der Waals surface area contributed by atoms with E-state index in [1.54, 1.807) is 29.5 Å². The summed E-state index contributed by atoms with van der Waals surface area (Å²) in [5, 5.41) is 8.05. The van der Waals surface area contributed by atoms with Crippen LogP contribution < -0.4 is 4.74 Å². The van der Waals surface area contributed by atoms with Crippen molar-refractivity contribution < 1.29 is 13.7 Å². The van der Waals surface area contributed by atoms with Crippen molar-refractivity contribution in [2.45, 2.75) is 6.61 Å². The van der Waals surface area contributed by atoms with Crippen LogP contribution in [0.4, 0.5) is 0 Å². The van der Waals surface area contributed by atoms with Gasteiger partial charge in [0, 0.05) is 12.4 Å². The molecule has 0 spiro atoms. The maximum Gasteiger partial charge on any atom is 0.261 e. The molecule has 4 rings (SSSR count). The van der Waals surface area contributed by atoms with Gasteiger partial charge >= 0.3 is 0 Å². The first-order valence-corrected chi connectivity index (χ1v) is 6.96. The van der Waals surface area contributed by atoms with Crippen molar-refractivity contribution >= 4 is 0 Å². The van der Waals surface area contributed by atoms with Crippen LogP contribution in [0.3, 0.4) is 0 Å². The Balaban J connectivity index is 1.41. The molecule has 1 aromatic carbocycles. The Morgan fingerprint density at radius 2 is 2.04 bits per heavy atom. The second-order valence-electron chi connectivity index (χ2n) is 4.76. The second kappa shape index (κ2) is 5.80. The Kier molecular flexibility index (Phi) is 3.36. The predicted molar refractivity (Wildman–Crippen MR) is 79.9 cm³/mol. The maximum atomic E-state index is 5.66. The highest BCUT2D eigenvalue weighted by atomic mass is 16.5. The summed E-state index contributed by atoms with van der Waals surface area (Å²) in [4.78, 5) is 4.25.